The summed E-state index contributed by atoms with van der Waals surface area (Å²) in [6.07, 6.45) is 1.24. The normalized spacial score (nSPS) is 20.8. The van der Waals surface area contributed by atoms with Crippen LogP contribution in [0.4, 0.5) is 0 Å². The predicted octanol–water partition coefficient (Wildman–Crippen LogP) is 2.05. The van der Waals surface area contributed by atoms with Gasteiger partial charge in [0.15, 0.2) is 15.6 Å². The van der Waals surface area contributed by atoms with E-state index in [1.807, 2.05) is 12.1 Å². The quantitative estimate of drug-likeness (QED) is 0.751. The van der Waals surface area contributed by atoms with Crippen LogP contribution in [0.1, 0.15) is 10.4 Å². The molecule has 0 aliphatic carbocycles. The number of carbonyl (C=O) groups is 1. The fourth-order valence-electron chi connectivity index (χ4n) is 2.15. The molecule has 1 atom stereocenters. The van der Waals surface area contributed by atoms with Crippen LogP contribution in [0.25, 0.3) is 0 Å². The summed E-state index contributed by atoms with van der Waals surface area (Å²) in [5.74, 6) is 1.33. The number of carbonyl (C=O) groups excluding carboxylic acids is 1. The Labute approximate surface area is 132 Å². The minimum absolute atomic E-state index is 0.0574. The molecule has 4 nitrogen and oxygen atoms in total. The van der Waals surface area contributed by atoms with E-state index in [1.54, 1.807) is 28.8 Å². The van der Waals surface area contributed by atoms with Crippen molar-refractivity contribution in [3.8, 4) is 0 Å². The molecule has 0 N–H and O–H groups in total. The third-order valence-corrected chi connectivity index (χ3v) is 6.58. The second-order valence-corrected chi connectivity index (χ2v) is 8.94. The lowest BCUT2D eigenvalue weighted by Crippen LogP contribution is -2.48. The van der Waals surface area contributed by atoms with Crippen molar-refractivity contribution in [1.82, 2.24) is 4.90 Å². The van der Waals surface area contributed by atoms with Gasteiger partial charge in [-0.25, -0.2) is 8.42 Å². The topological polar surface area (TPSA) is 54.5 Å². The molecule has 1 saturated heterocycles. The number of nitrogens with zero attached hydrogens (tertiary/aromatic N) is 1. The molecular formula is C13H16BrNO3S2. The zero-order valence-corrected chi connectivity index (χ0v) is 14.3. The number of hydrogen-bond acceptors (Lipinski definition) is 5. The van der Waals surface area contributed by atoms with E-state index in [2.05, 4.69) is 15.9 Å². The van der Waals surface area contributed by atoms with Crippen LogP contribution in [-0.2, 0) is 9.84 Å². The number of ketones is 1. The highest BCUT2D eigenvalue weighted by Gasteiger charge is 2.32. The van der Waals surface area contributed by atoms with Crippen molar-refractivity contribution < 1.29 is 13.2 Å². The maximum atomic E-state index is 12.3. The van der Waals surface area contributed by atoms with E-state index in [1.165, 1.54) is 6.26 Å². The van der Waals surface area contributed by atoms with Crippen molar-refractivity contribution in [3.63, 3.8) is 0 Å². The van der Waals surface area contributed by atoms with Gasteiger partial charge in [-0.2, -0.15) is 11.8 Å². The van der Waals surface area contributed by atoms with Crippen molar-refractivity contribution in [2.24, 2.45) is 0 Å². The van der Waals surface area contributed by atoms with Crippen LogP contribution in [-0.4, -0.2) is 55.3 Å². The van der Waals surface area contributed by atoms with Crippen LogP contribution in [0.3, 0.4) is 0 Å². The lowest BCUT2D eigenvalue weighted by Gasteiger charge is -2.33. The summed E-state index contributed by atoms with van der Waals surface area (Å²) in [6.45, 7) is 0.763. The molecule has 1 heterocycles. The van der Waals surface area contributed by atoms with Gasteiger partial charge in [-0.05, 0) is 6.07 Å². The molecule has 1 aromatic carbocycles. The Morgan fingerprint density at radius 1 is 1.45 bits per heavy atom. The molecule has 0 saturated carbocycles. The minimum atomic E-state index is -3.17. The predicted molar refractivity (Wildman–Crippen MR) is 86.0 cm³/mol. The van der Waals surface area contributed by atoms with Crippen molar-refractivity contribution in [1.29, 1.82) is 0 Å². The molecule has 0 spiro atoms. The first kappa shape index (κ1) is 16.0. The molecule has 1 aliphatic heterocycles. The summed E-state index contributed by atoms with van der Waals surface area (Å²) in [6, 6.07) is 7.21. The van der Waals surface area contributed by atoms with Gasteiger partial charge in [0.2, 0.25) is 0 Å². The summed E-state index contributed by atoms with van der Waals surface area (Å²) in [4.78, 5) is 14.1. The lowest BCUT2D eigenvalue weighted by molar-refractivity contribution is 0.0927. The third-order valence-electron chi connectivity index (χ3n) is 3.21. The van der Waals surface area contributed by atoms with Gasteiger partial charge in [0.25, 0.3) is 0 Å². The van der Waals surface area contributed by atoms with Crippen LogP contribution >= 0.6 is 27.7 Å². The molecule has 110 valence electrons. The highest BCUT2D eigenvalue weighted by Crippen LogP contribution is 2.22. The minimum Gasteiger partial charge on any atom is -0.293 e. The van der Waals surface area contributed by atoms with E-state index >= 15 is 0 Å². The average Bonchev–Trinajstić information content (AvgIpc) is 2.38. The molecule has 1 aromatic rings. The number of rotatable bonds is 4. The summed E-state index contributed by atoms with van der Waals surface area (Å²) in [7, 11) is -3.17. The van der Waals surface area contributed by atoms with Crippen LogP contribution in [0.5, 0.6) is 0 Å². The number of Topliss-reactive ketones (excluding diaryl/α,β-unsaturated/α-hetero) is 1. The lowest BCUT2D eigenvalue weighted by atomic mass is 10.1. The molecule has 7 heteroatoms. The van der Waals surface area contributed by atoms with Gasteiger partial charge in [-0.3, -0.25) is 9.69 Å². The van der Waals surface area contributed by atoms with Gasteiger partial charge in [0, 0.05) is 34.3 Å². The standard InChI is InChI=1S/C13H16BrNO3S2/c1-20(17,18)13-9-19-7-6-15(13)8-12(16)10-4-2-3-5-11(10)14/h2-5,13H,6-9H2,1H3. The zero-order valence-electron chi connectivity index (χ0n) is 11.1. The maximum Gasteiger partial charge on any atom is 0.177 e. The fraction of sp³-hybridized carbons (Fsp3) is 0.462. The Balaban J connectivity index is 2.15. The zero-order chi connectivity index (χ0) is 14.8. The molecule has 0 amide bonds. The maximum absolute atomic E-state index is 12.3. The van der Waals surface area contributed by atoms with Gasteiger partial charge < -0.3 is 0 Å². The number of hydrogen-bond donors (Lipinski definition) is 0. The Bertz CT molecular complexity index is 603. The first-order valence-electron chi connectivity index (χ1n) is 6.18. The van der Waals surface area contributed by atoms with E-state index in [9.17, 15) is 13.2 Å². The summed E-state index contributed by atoms with van der Waals surface area (Å²) in [5, 5.41) is -0.562. The third kappa shape index (κ3) is 3.84. The highest BCUT2D eigenvalue weighted by atomic mass is 79.9. The van der Waals surface area contributed by atoms with Crippen molar-refractivity contribution >= 4 is 43.3 Å². The van der Waals surface area contributed by atoms with E-state index in [0.29, 0.717) is 17.9 Å². The molecule has 1 fully saturated rings. The smallest absolute Gasteiger partial charge is 0.177 e. The van der Waals surface area contributed by atoms with Crippen LogP contribution < -0.4 is 0 Å². The van der Waals surface area contributed by atoms with Crippen molar-refractivity contribution in [3.05, 3.63) is 34.3 Å². The number of benzene rings is 1. The van der Waals surface area contributed by atoms with Crippen LogP contribution in [0, 0.1) is 0 Å². The van der Waals surface area contributed by atoms with E-state index in [0.717, 1.165) is 10.2 Å². The fourth-order valence-corrected chi connectivity index (χ4v) is 5.60. The molecule has 0 radical (unpaired) electrons. The molecule has 1 aliphatic rings. The summed E-state index contributed by atoms with van der Waals surface area (Å²) in [5.41, 5.74) is 0.595. The summed E-state index contributed by atoms with van der Waals surface area (Å²) >= 11 is 4.97. The highest BCUT2D eigenvalue weighted by molar-refractivity contribution is 9.10. The number of thioether (sulfide) groups is 1. The average molecular weight is 378 g/mol. The van der Waals surface area contributed by atoms with Crippen LogP contribution in [0.15, 0.2) is 28.7 Å². The molecule has 0 bridgehead atoms. The molecule has 2 rings (SSSR count). The monoisotopic (exact) mass is 377 g/mol. The first-order valence-corrected chi connectivity index (χ1v) is 10.1. The Hall–Kier alpha value is -0.370. The second kappa shape index (κ2) is 6.60. The Morgan fingerprint density at radius 3 is 2.80 bits per heavy atom. The van der Waals surface area contributed by atoms with Gasteiger partial charge in [0.1, 0.15) is 5.37 Å². The summed E-state index contributed by atoms with van der Waals surface area (Å²) < 4.78 is 24.4. The van der Waals surface area contributed by atoms with E-state index in [4.69, 9.17) is 0 Å². The SMILES string of the molecule is CS(=O)(=O)C1CSCCN1CC(=O)c1ccccc1Br. The Morgan fingerprint density at radius 2 is 2.15 bits per heavy atom. The number of halogens is 1. The molecule has 0 aromatic heterocycles. The van der Waals surface area contributed by atoms with Crippen LogP contribution in [0.2, 0.25) is 0 Å². The van der Waals surface area contributed by atoms with Crippen molar-refractivity contribution in [2.75, 3.05) is 30.9 Å². The molecular weight excluding hydrogens is 362 g/mol. The van der Waals surface area contributed by atoms with Gasteiger partial charge in [-0.15, -0.1) is 0 Å². The van der Waals surface area contributed by atoms with Gasteiger partial charge in [-0.1, -0.05) is 34.1 Å². The van der Waals surface area contributed by atoms with Gasteiger partial charge >= 0.3 is 0 Å². The second-order valence-electron chi connectivity index (χ2n) is 4.73. The largest absolute Gasteiger partial charge is 0.293 e. The van der Waals surface area contributed by atoms with E-state index < -0.39 is 15.2 Å². The van der Waals surface area contributed by atoms with Crippen molar-refractivity contribution in [2.45, 2.75) is 5.37 Å². The number of sulfone groups is 1. The van der Waals surface area contributed by atoms with Gasteiger partial charge in [0.05, 0.1) is 6.54 Å². The molecule has 1 unspecified atom stereocenters. The molecule has 20 heavy (non-hydrogen) atoms. The first-order chi connectivity index (χ1) is 9.39. The Kier molecular flexibility index (Phi) is 5.28. The van der Waals surface area contributed by atoms with E-state index in [-0.39, 0.29) is 12.3 Å².